The van der Waals surface area contributed by atoms with Crippen molar-refractivity contribution in [2.75, 3.05) is 18.4 Å². The second kappa shape index (κ2) is 7.78. The van der Waals surface area contributed by atoms with Crippen LogP contribution in [0.1, 0.15) is 24.0 Å². The fourth-order valence-electron chi connectivity index (χ4n) is 3.22. The van der Waals surface area contributed by atoms with E-state index in [0.29, 0.717) is 12.8 Å². The summed E-state index contributed by atoms with van der Waals surface area (Å²) in [4.78, 5) is 12.6. The molecule has 1 fully saturated rings. The predicted octanol–water partition coefficient (Wildman–Crippen LogP) is 3.48. The minimum Gasteiger partial charge on any atom is -0.326 e. The second-order valence-electron chi connectivity index (χ2n) is 6.94. The molecule has 0 unspecified atom stereocenters. The maximum Gasteiger partial charge on any atom is 0.243 e. The van der Waals surface area contributed by atoms with Crippen molar-refractivity contribution < 1.29 is 17.6 Å². The summed E-state index contributed by atoms with van der Waals surface area (Å²) in [5, 5.41) is 2.96. The van der Waals surface area contributed by atoms with Crippen LogP contribution in [-0.4, -0.2) is 31.7 Å². The summed E-state index contributed by atoms with van der Waals surface area (Å²) >= 11 is 0. The predicted molar refractivity (Wildman–Crippen MR) is 102 cm³/mol. The molecule has 1 aliphatic heterocycles. The number of hydrogen-bond donors (Lipinski definition) is 1. The van der Waals surface area contributed by atoms with E-state index < -0.39 is 15.8 Å². The third-order valence-corrected chi connectivity index (χ3v) is 6.84. The Morgan fingerprint density at radius 3 is 2.33 bits per heavy atom. The van der Waals surface area contributed by atoms with Gasteiger partial charge in [0.15, 0.2) is 0 Å². The van der Waals surface area contributed by atoms with Crippen LogP contribution in [0.15, 0.2) is 47.4 Å². The Morgan fingerprint density at radius 2 is 1.70 bits per heavy atom. The summed E-state index contributed by atoms with van der Waals surface area (Å²) < 4.78 is 39.7. The van der Waals surface area contributed by atoms with E-state index in [4.69, 9.17) is 0 Å². The molecule has 0 spiro atoms. The SMILES string of the molecule is Cc1ccc(C)c(NC(=O)C2CCN(S(=O)(=O)c3ccc(F)cc3)CC2)c1. The highest BCUT2D eigenvalue weighted by atomic mass is 32.2. The van der Waals surface area contributed by atoms with Gasteiger partial charge in [-0.1, -0.05) is 12.1 Å². The van der Waals surface area contributed by atoms with Gasteiger partial charge in [0.2, 0.25) is 15.9 Å². The van der Waals surface area contributed by atoms with Gasteiger partial charge in [0, 0.05) is 24.7 Å². The number of aryl methyl sites for hydroxylation is 2. The van der Waals surface area contributed by atoms with Gasteiger partial charge in [-0.25, -0.2) is 12.8 Å². The molecule has 0 aliphatic carbocycles. The molecule has 7 heteroatoms. The fourth-order valence-corrected chi connectivity index (χ4v) is 4.69. The lowest BCUT2D eigenvalue weighted by Crippen LogP contribution is -2.41. The average molecular weight is 390 g/mol. The molecule has 0 atom stereocenters. The third-order valence-electron chi connectivity index (χ3n) is 4.93. The smallest absolute Gasteiger partial charge is 0.243 e. The highest BCUT2D eigenvalue weighted by Gasteiger charge is 2.32. The molecule has 1 N–H and O–H groups in total. The number of carbonyl (C=O) groups excluding carboxylic acids is 1. The number of nitrogens with one attached hydrogen (secondary N) is 1. The Kier molecular flexibility index (Phi) is 5.62. The molecule has 27 heavy (non-hydrogen) atoms. The van der Waals surface area contributed by atoms with Gasteiger partial charge < -0.3 is 5.32 Å². The molecular weight excluding hydrogens is 367 g/mol. The molecule has 0 radical (unpaired) electrons. The maximum absolute atomic E-state index is 13.0. The quantitative estimate of drug-likeness (QED) is 0.869. The normalized spacial score (nSPS) is 16.3. The van der Waals surface area contributed by atoms with Crippen LogP contribution in [0.25, 0.3) is 0 Å². The van der Waals surface area contributed by atoms with Crippen LogP contribution in [0, 0.1) is 25.6 Å². The summed E-state index contributed by atoms with van der Waals surface area (Å²) in [6, 6.07) is 10.7. The number of sulfonamides is 1. The van der Waals surface area contributed by atoms with E-state index >= 15 is 0 Å². The van der Waals surface area contributed by atoms with Crippen LogP contribution >= 0.6 is 0 Å². The van der Waals surface area contributed by atoms with E-state index in [9.17, 15) is 17.6 Å². The molecule has 2 aromatic rings. The highest BCUT2D eigenvalue weighted by molar-refractivity contribution is 7.89. The van der Waals surface area contributed by atoms with E-state index in [0.717, 1.165) is 28.9 Å². The van der Waals surface area contributed by atoms with Crippen molar-refractivity contribution in [3.05, 3.63) is 59.4 Å². The van der Waals surface area contributed by atoms with Gasteiger partial charge in [-0.15, -0.1) is 0 Å². The van der Waals surface area contributed by atoms with Crippen LogP contribution in [0.4, 0.5) is 10.1 Å². The number of hydrogen-bond acceptors (Lipinski definition) is 3. The van der Waals surface area contributed by atoms with Gasteiger partial charge in [0.1, 0.15) is 5.82 Å². The van der Waals surface area contributed by atoms with Gasteiger partial charge in [-0.2, -0.15) is 4.31 Å². The van der Waals surface area contributed by atoms with Crippen LogP contribution in [0.5, 0.6) is 0 Å². The largest absolute Gasteiger partial charge is 0.326 e. The molecule has 1 aliphatic rings. The van der Waals surface area contributed by atoms with Crippen molar-refractivity contribution in [2.24, 2.45) is 5.92 Å². The van der Waals surface area contributed by atoms with Crippen molar-refractivity contribution in [1.29, 1.82) is 0 Å². The van der Waals surface area contributed by atoms with Gasteiger partial charge in [-0.3, -0.25) is 4.79 Å². The van der Waals surface area contributed by atoms with Crippen LogP contribution in [-0.2, 0) is 14.8 Å². The minimum atomic E-state index is -3.66. The van der Waals surface area contributed by atoms with Gasteiger partial charge in [0.25, 0.3) is 0 Å². The van der Waals surface area contributed by atoms with Crippen molar-refractivity contribution in [2.45, 2.75) is 31.6 Å². The molecule has 0 bridgehead atoms. The number of halogens is 1. The first-order valence-electron chi connectivity index (χ1n) is 8.91. The number of carbonyl (C=O) groups is 1. The molecule has 2 aromatic carbocycles. The Labute approximate surface area is 159 Å². The summed E-state index contributed by atoms with van der Waals surface area (Å²) in [6.45, 7) is 4.44. The lowest BCUT2D eigenvalue weighted by Gasteiger charge is -2.30. The zero-order chi connectivity index (χ0) is 19.6. The first-order valence-corrected chi connectivity index (χ1v) is 10.4. The molecule has 1 heterocycles. The van der Waals surface area contributed by atoms with Gasteiger partial charge in [-0.05, 0) is 68.1 Å². The maximum atomic E-state index is 13.0. The second-order valence-corrected chi connectivity index (χ2v) is 8.88. The summed E-state index contributed by atoms with van der Waals surface area (Å²) in [5.74, 6) is -0.789. The Bertz CT molecular complexity index is 934. The van der Waals surface area contributed by atoms with E-state index in [2.05, 4.69) is 5.32 Å². The van der Waals surface area contributed by atoms with E-state index in [1.165, 1.54) is 16.4 Å². The fraction of sp³-hybridized carbons (Fsp3) is 0.350. The first-order chi connectivity index (χ1) is 12.8. The van der Waals surface area contributed by atoms with Crippen LogP contribution < -0.4 is 5.32 Å². The van der Waals surface area contributed by atoms with E-state index in [1.54, 1.807) is 0 Å². The van der Waals surface area contributed by atoms with Gasteiger partial charge >= 0.3 is 0 Å². The number of piperidine rings is 1. The number of nitrogens with zero attached hydrogens (tertiary/aromatic N) is 1. The molecular formula is C20H23FN2O3S. The number of benzene rings is 2. The topological polar surface area (TPSA) is 66.5 Å². The molecule has 3 rings (SSSR count). The van der Waals surface area contributed by atoms with E-state index in [1.807, 2.05) is 32.0 Å². The zero-order valence-electron chi connectivity index (χ0n) is 15.4. The van der Waals surface area contributed by atoms with Crippen molar-refractivity contribution in [1.82, 2.24) is 4.31 Å². The summed E-state index contributed by atoms with van der Waals surface area (Å²) in [7, 11) is -3.66. The number of rotatable bonds is 4. The monoisotopic (exact) mass is 390 g/mol. The summed E-state index contributed by atoms with van der Waals surface area (Å²) in [6.07, 6.45) is 0.911. The molecule has 5 nitrogen and oxygen atoms in total. The third kappa shape index (κ3) is 4.36. The Morgan fingerprint density at radius 1 is 1.07 bits per heavy atom. The molecule has 1 amide bonds. The zero-order valence-corrected chi connectivity index (χ0v) is 16.2. The Hall–Kier alpha value is -2.25. The molecule has 1 saturated heterocycles. The highest BCUT2D eigenvalue weighted by Crippen LogP contribution is 2.26. The lowest BCUT2D eigenvalue weighted by atomic mass is 9.97. The van der Waals surface area contributed by atoms with Gasteiger partial charge in [0.05, 0.1) is 4.90 Å². The van der Waals surface area contributed by atoms with Crippen molar-refractivity contribution in [3.8, 4) is 0 Å². The van der Waals surface area contributed by atoms with Crippen LogP contribution in [0.3, 0.4) is 0 Å². The number of anilines is 1. The van der Waals surface area contributed by atoms with Crippen molar-refractivity contribution >= 4 is 21.6 Å². The minimum absolute atomic E-state index is 0.0715. The summed E-state index contributed by atoms with van der Waals surface area (Å²) in [5.41, 5.74) is 2.85. The van der Waals surface area contributed by atoms with Crippen LogP contribution in [0.2, 0.25) is 0 Å². The Balaban J connectivity index is 1.63. The first kappa shape index (κ1) is 19.5. The van der Waals surface area contributed by atoms with E-state index in [-0.39, 0.29) is 29.8 Å². The average Bonchev–Trinajstić information content (AvgIpc) is 2.65. The van der Waals surface area contributed by atoms with Crippen molar-refractivity contribution in [3.63, 3.8) is 0 Å². The molecule has 144 valence electrons. The molecule has 0 aromatic heterocycles. The standard InChI is InChI=1S/C20H23FN2O3S/c1-14-3-4-15(2)19(13-14)22-20(24)16-9-11-23(12-10-16)27(25,26)18-7-5-17(21)6-8-18/h3-8,13,16H,9-12H2,1-2H3,(H,22,24). The lowest BCUT2D eigenvalue weighted by molar-refractivity contribution is -0.120. The molecule has 0 saturated carbocycles. The number of amides is 1.